The highest BCUT2D eigenvalue weighted by atomic mass is 32.1. The van der Waals surface area contributed by atoms with E-state index in [0.717, 1.165) is 11.8 Å². The maximum atomic E-state index is 4.76. The molecule has 3 rings (SSSR count). The molecule has 0 heterocycles. The normalized spacial score (nSPS) is 53.5. The summed E-state index contributed by atoms with van der Waals surface area (Å²) in [4.78, 5) is 0. The lowest BCUT2D eigenvalue weighted by Gasteiger charge is -2.63. The summed E-state index contributed by atoms with van der Waals surface area (Å²) in [6.45, 7) is 7.15. The zero-order chi connectivity index (χ0) is 8.28. The lowest BCUT2D eigenvalue weighted by molar-refractivity contribution is -0.0845. The van der Waals surface area contributed by atoms with Crippen molar-refractivity contribution in [2.24, 2.45) is 17.3 Å². The van der Waals surface area contributed by atoms with Crippen molar-refractivity contribution in [2.75, 3.05) is 0 Å². The number of thiol groups is 1. The lowest BCUT2D eigenvalue weighted by atomic mass is 9.45. The van der Waals surface area contributed by atoms with Crippen molar-refractivity contribution in [3.05, 3.63) is 0 Å². The van der Waals surface area contributed by atoms with Gasteiger partial charge in [-0.05, 0) is 36.5 Å². The maximum Gasteiger partial charge on any atom is 0.0135 e. The van der Waals surface area contributed by atoms with Gasteiger partial charge < -0.3 is 0 Å². The molecule has 0 amide bonds. The molecule has 3 aliphatic carbocycles. The van der Waals surface area contributed by atoms with E-state index in [4.69, 9.17) is 12.6 Å². The first-order valence-electron chi connectivity index (χ1n) is 4.67. The minimum absolute atomic E-state index is 0.332. The first-order valence-corrected chi connectivity index (χ1v) is 5.12. The third-order valence-corrected chi connectivity index (χ3v) is 4.76. The Hall–Kier alpha value is 0.350. The molecule has 0 saturated heterocycles. The molecule has 3 saturated carbocycles. The van der Waals surface area contributed by atoms with Crippen LogP contribution in [0.4, 0.5) is 0 Å². The molecule has 64 valence electrons. The summed E-state index contributed by atoms with van der Waals surface area (Å²) in [5, 5.41) is 0. The minimum atomic E-state index is 0.332. The van der Waals surface area contributed by atoms with Gasteiger partial charge in [0, 0.05) is 4.75 Å². The molecule has 0 aliphatic heterocycles. The number of hydrogen-bond acceptors (Lipinski definition) is 1. The second-order valence-corrected chi connectivity index (χ2v) is 6.22. The lowest BCUT2D eigenvalue weighted by Crippen LogP contribution is -2.57. The molecule has 0 spiro atoms. The third-order valence-electron chi connectivity index (χ3n) is 4.22. The van der Waals surface area contributed by atoms with Gasteiger partial charge in [0.05, 0.1) is 0 Å². The van der Waals surface area contributed by atoms with Crippen LogP contribution >= 0.6 is 12.6 Å². The van der Waals surface area contributed by atoms with E-state index in [9.17, 15) is 0 Å². The topological polar surface area (TPSA) is 0 Å². The van der Waals surface area contributed by atoms with Crippen LogP contribution in [0.15, 0.2) is 0 Å². The van der Waals surface area contributed by atoms with Crippen molar-refractivity contribution in [3.63, 3.8) is 0 Å². The standard InChI is InChI=1S/C10H18S/c1-9(2)7-4-5-10(3,11)8(9)6-7/h7-8,11H,4-6H2,1-3H3/t7-,8-,10-/m0/s1. The molecule has 3 fully saturated rings. The summed E-state index contributed by atoms with van der Waals surface area (Å²) in [6.07, 6.45) is 4.17. The van der Waals surface area contributed by atoms with Crippen LogP contribution in [0.3, 0.4) is 0 Å². The molecule has 0 aromatic heterocycles. The smallest absolute Gasteiger partial charge is 0.0135 e. The van der Waals surface area contributed by atoms with Gasteiger partial charge in [0.25, 0.3) is 0 Å². The fourth-order valence-corrected chi connectivity index (χ4v) is 3.77. The first kappa shape index (κ1) is 7.97. The minimum Gasteiger partial charge on any atom is -0.172 e. The average Bonchev–Trinajstić information content (AvgIpc) is 1.84. The van der Waals surface area contributed by atoms with Gasteiger partial charge in [-0.3, -0.25) is 0 Å². The van der Waals surface area contributed by atoms with Crippen LogP contribution in [-0.2, 0) is 0 Å². The molecule has 2 bridgehead atoms. The molecule has 1 heteroatoms. The van der Waals surface area contributed by atoms with Crippen LogP contribution in [0.5, 0.6) is 0 Å². The summed E-state index contributed by atoms with van der Waals surface area (Å²) in [5.74, 6) is 1.88. The highest BCUT2D eigenvalue weighted by Crippen LogP contribution is 2.64. The van der Waals surface area contributed by atoms with Gasteiger partial charge in [-0.25, -0.2) is 0 Å². The summed E-state index contributed by atoms with van der Waals surface area (Å²) in [6, 6.07) is 0. The highest BCUT2D eigenvalue weighted by molar-refractivity contribution is 7.81. The zero-order valence-corrected chi connectivity index (χ0v) is 8.62. The second kappa shape index (κ2) is 1.99. The molecule has 0 radical (unpaired) electrons. The molecule has 3 aliphatic rings. The van der Waals surface area contributed by atoms with Gasteiger partial charge in [0.2, 0.25) is 0 Å². The molecule has 0 N–H and O–H groups in total. The average molecular weight is 170 g/mol. The quantitative estimate of drug-likeness (QED) is 0.531. The fourth-order valence-electron chi connectivity index (χ4n) is 3.20. The number of hydrogen-bond donors (Lipinski definition) is 1. The summed E-state index contributed by atoms with van der Waals surface area (Å²) in [5.41, 5.74) is 0.592. The molecule has 11 heavy (non-hydrogen) atoms. The van der Waals surface area contributed by atoms with Gasteiger partial charge >= 0.3 is 0 Å². The van der Waals surface area contributed by atoms with E-state index in [1.165, 1.54) is 19.3 Å². The van der Waals surface area contributed by atoms with E-state index >= 15 is 0 Å². The van der Waals surface area contributed by atoms with Crippen LogP contribution in [0.1, 0.15) is 40.0 Å². The van der Waals surface area contributed by atoms with Gasteiger partial charge in [-0.15, -0.1) is 0 Å². The van der Waals surface area contributed by atoms with Crippen molar-refractivity contribution in [3.8, 4) is 0 Å². The van der Waals surface area contributed by atoms with Crippen LogP contribution in [0.25, 0.3) is 0 Å². The van der Waals surface area contributed by atoms with E-state index in [1.54, 1.807) is 0 Å². The molecule has 0 aromatic rings. The van der Waals surface area contributed by atoms with Gasteiger partial charge in [-0.1, -0.05) is 20.8 Å². The van der Waals surface area contributed by atoms with E-state index in [2.05, 4.69) is 20.8 Å². The highest BCUT2D eigenvalue weighted by Gasteiger charge is 2.57. The van der Waals surface area contributed by atoms with E-state index in [-0.39, 0.29) is 0 Å². The van der Waals surface area contributed by atoms with Gasteiger partial charge in [0.15, 0.2) is 0 Å². The predicted octanol–water partition coefficient (Wildman–Crippen LogP) is 3.13. The van der Waals surface area contributed by atoms with Crippen LogP contribution in [-0.4, -0.2) is 4.75 Å². The Morgan fingerprint density at radius 3 is 2.18 bits per heavy atom. The van der Waals surface area contributed by atoms with Crippen LogP contribution in [0.2, 0.25) is 0 Å². The van der Waals surface area contributed by atoms with Crippen molar-refractivity contribution in [1.29, 1.82) is 0 Å². The summed E-state index contributed by atoms with van der Waals surface area (Å²) >= 11 is 4.76. The van der Waals surface area contributed by atoms with Crippen LogP contribution < -0.4 is 0 Å². The van der Waals surface area contributed by atoms with Crippen molar-refractivity contribution in [1.82, 2.24) is 0 Å². The number of fused-ring (bicyclic) bond motifs is 2. The second-order valence-electron chi connectivity index (χ2n) is 5.20. The number of rotatable bonds is 0. The maximum absolute atomic E-state index is 4.76. The van der Waals surface area contributed by atoms with Crippen LogP contribution in [0, 0.1) is 17.3 Å². The van der Waals surface area contributed by atoms with Crippen molar-refractivity contribution >= 4 is 12.6 Å². The van der Waals surface area contributed by atoms with E-state index < -0.39 is 0 Å². The SMILES string of the molecule is CC1(C)[C@H]2CC[C@](C)(S)[C@H]1C2. The summed E-state index contributed by atoms with van der Waals surface area (Å²) < 4.78 is 0.332. The zero-order valence-electron chi connectivity index (χ0n) is 7.72. The largest absolute Gasteiger partial charge is 0.172 e. The van der Waals surface area contributed by atoms with Gasteiger partial charge in [-0.2, -0.15) is 12.6 Å². The Bertz CT molecular complexity index is 171. The Kier molecular flexibility index (Phi) is 1.44. The molecular weight excluding hydrogens is 152 g/mol. The molecular formula is C10H18S. The van der Waals surface area contributed by atoms with Crippen molar-refractivity contribution < 1.29 is 0 Å². The summed E-state index contributed by atoms with van der Waals surface area (Å²) in [7, 11) is 0. The van der Waals surface area contributed by atoms with Crippen molar-refractivity contribution in [2.45, 2.75) is 44.8 Å². The molecule has 0 unspecified atom stereocenters. The Balaban J connectivity index is 2.23. The van der Waals surface area contributed by atoms with Gasteiger partial charge in [0.1, 0.15) is 0 Å². The van der Waals surface area contributed by atoms with E-state index in [0.29, 0.717) is 10.2 Å². The molecule has 3 atom stereocenters. The predicted molar refractivity (Wildman–Crippen MR) is 52.0 cm³/mol. The third kappa shape index (κ3) is 0.898. The monoisotopic (exact) mass is 170 g/mol. The Labute approximate surface area is 75.2 Å². The fraction of sp³-hybridized carbons (Fsp3) is 1.00. The Morgan fingerprint density at radius 1 is 1.27 bits per heavy atom. The molecule has 0 aromatic carbocycles. The molecule has 0 nitrogen and oxygen atoms in total. The first-order chi connectivity index (χ1) is 4.94. The Morgan fingerprint density at radius 2 is 1.91 bits per heavy atom. The van der Waals surface area contributed by atoms with E-state index in [1.807, 2.05) is 0 Å².